The number of amides is 3. The summed E-state index contributed by atoms with van der Waals surface area (Å²) in [5, 5.41) is 27.6. The van der Waals surface area contributed by atoms with Crippen molar-refractivity contribution in [2.75, 3.05) is 32.4 Å². The van der Waals surface area contributed by atoms with E-state index in [1.807, 2.05) is 32.0 Å². The maximum absolute atomic E-state index is 14.2. The van der Waals surface area contributed by atoms with Crippen LogP contribution in [0.1, 0.15) is 102 Å². The fourth-order valence-corrected chi connectivity index (χ4v) is 8.09. The quantitative estimate of drug-likeness (QED) is 0.164. The number of hydrogen-bond acceptors (Lipinski definition) is 9. The molecule has 12 heteroatoms. The average molecular weight is 713 g/mol. The van der Waals surface area contributed by atoms with Crippen LogP contribution in [-0.2, 0) is 27.2 Å². The fourth-order valence-electron chi connectivity index (χ4n) is 7.52. The van der Waals surface area contributed by atoms with E-state index >= 15 is 0 Å². The summed E-state index contributed by atoms with van der Waals surface area (Å²) in [6.07, 6.45) is 11.0. The normalized spacial score (nSPS) is 18.0. The third kappa shape index (κ3) is 12.9. The van der Waals surface area contributed by atoms with Gasteiger partial charge in [-0.3, -0.25) is 19.4 Å². The Hall–Kier alpha value is -3.09. The Labute approximate surface area is 302 Å². The summed E-state index contributed by atoms with van der Waals surface area (Å²) in [5.41, 5.74) is 7.46. The van der Waals surface area contributed by atoms with E-state index in [2.05, 4.69) is 15.3 Å². The molecule has 0 bridgehead atoms. The van der Waals surface area contributed by atoms with Crippen molar-refractivity contribution in [2.45, 2.75) is 122 Å². The minimum atomic E-state index is -1.13. The second kappa shape index (κ2) is 20.1. The molecule has 0 aromatic carbocycles. The summed E-state index contributed by atoms with van der Waals surface area (Å²) in [4.78, 5) is 53.9. The Bertz CT molecular complexity index is 1330. The van der Waals surface area contributed by atoms with Crippen LogP contribution in [0, 0.1) is 23.7 Å². The number of carbonyl (C=O) groups excluding carboxylic acids is 3. The zero-order chi connectivity index (χ0) is 36.0. The van der Waals surface area contributed by atoms with Crippen molar-refractivity contribution < 1.29 is 24.6 Å². The molecule has 11 nitrogen and oxygen atoms in total. The third-order valence-corrected chi connectivity index (χ3v) is 11.2. The van der Waals surface area contributed by atoms with Gasteiger partial charge < -0.3 is 31.1 Å². The first-order valence-electron chi connectivity index (χ1n) is 18.8. The van der Waals surface area contributed by atoms with Crippen molar-refractivity contribution in [3.05, 3.63) is 41.2 Å². The maximum atomic E-state index is 14.2. The maximum Gasteiger partial charge on any atom is 0.241 e. The Balaban J connectivity index is 1.50. The monoisotopic (exact) mass is 712 g/mol. The van der Waals surface area contributed by atoms with Crippen LogP contribution in [0.2, 0.25) is 0 Å². The molecule has 3 amide bonds. The van der Waals surface area contributed by atoms with Gasteiger partial charge >= 0.3 is 0 Å². The fraction of sp³-hybridized carbons (Fsp3) is 0.711. The predicted octanol–water partition coefficient (Wildman–Crippen LogP) is 4.61. The van der Waals surface area contributed by atoms with Gasteiger partial charge in [0.2, 0.25) is 17.7 Å². The van der Waals surface area contributed by atoms with Crippen LogP contribution in [0.4, 0.5) is 5.13 Å². The van der Waals surface area contributed by atoms with E-state index in [-0.39, 0.29) is 43.0 Å². The number of nitrogens with one attached hydrogen (secondary N) is 1. The summed E-state index contributed by atoms with van der Waals surface area (Å²) >= 11 is 1.28. The molecule has 4 rings (SSSR count). The van der Waals surface area contributed by atoms with Crippen molar-refractivity contribution in [3.63, 3.8) is 0 Å². The standard InChI is InChI=1S/C38H60N6O5S/c1-26(2)19-33(45)36(48)32(20-27-11-5-4-6-12-27)42-37(49)29(21-31-25-50-38(39)41-31)22-34(46)44(23-28-13-7-8-14-28)24-35(47)43(3)18-16-30-15-9-10-17-40-30/h9-10,15,17,25-29,32-33,36,45,48H,4-8,11-14,16,18-24H2,1-3H3,(H2,39,41)(H,42,49)/t29-,32+,33+,36-/m1/s1. The lowest BCUT2D eigenvalue weighted by atomic mass is 9.82. The van der Waals surface area contributed by atoms with E-state index in [9.17, 15) is 24.6 Å². The third-order valence-electron chi connectivity index (χ3n) is 10.5. The predicted molar refractivity (Wildman–Crippen MR) is 197 cm³/mol. The molecule has 2 fully saturated rings. The van der Waals surface area contributed by atoms with Crippen LogP contribution in [0.25, 0.3) is 0 Å². The molecule has 2 aromatic heterocycles. The summed E-state index contributed by atoms with van der Waals surface area (Å²) in [7, 11) is 1.75. The lowest BCUT2D eigenvalue weighted by molar-refractivity contribution is -0.142. The van der Waals surface area contributed by atoms with Crippen LogP contribution in [0.15, 0.2) is 29.8 Å². The molecule has 0 unspecified atom stereocenters. The molecule has 0 saturated heterocycles. The Morgan fingerprint density at radius 3 is 2.34 bits per heavy atom. The van der Waals surface area contributed by atoms with E-state index < -0.39 is 24.2 Å². The summed E-state index contributed by atoms with van der Waals surface area (Å²) in [6, 6.07) is 5.06. The van der Waals surface area contributed by atoms with Crippen LogP contribution < -0.4 is 11.1 Å². The topological polar surface area (TPSA) is 162 Å². The van der Waals surface area contributed by atoms with Crippen LogP contribution >= 0.6 is 11.3 Å². The van der Waals surface area contributed by atoms with Crippen LogP contribution in [0.5, 0.6) is 0 Å². The molecule has 4 atom stereocenters. The van der Waals surface area contributed by atoms with Gasteiger partial charge in [0.15, 0.2) is 5.13 Å². The van der Waals surface area contributed by atoms with Crippen molar-refractivity contribution in [1.29, 1.82) is 0 Å². The second-order valence-corrected chi connectivity index (χ2v) is 16.0. The summed E-state index contributed by atoms with van der Waals surface area (Å²) in [5.74, 6) is -0.735. The molecule has 2 aliphatic carbocycles. The Morgan fingerprint density at radius 2 is 1.70 bits per heavy atom. The number of rotatable bonds is 19. The number of carbonyl (C=O) groups is 3. The Morgan fingerprint density at radius 1 is 1.00 bits per heavy atom. The number of anilines is 1. The number of likely N-dealkylation sites (N-methyl/N-ethyl adjacent to an activating group) is 1. The number of aromatic nitrogens is 2. The van der Waals surface area contributed by atoms with Crippen molar-refractivity contribution >= 4 is 34.2 Å². The molecule has 2 heterocycles. The molecule has 2 aromatic rings. The van der Waals surface area contributed by atoms with Gasteiger partial charge in [0.25, 0.3) is 0 Å². The van der Waals surface area contributed by atoms with E-state index in [0.29, 0.717) is 55.0 Å². The molecular weight excluding hydrogens is 653 g/mol. The smallest absolute Gasteiger partial charge is 0.241 e. The molecule has 5 N–H and O–H groups in total. The molecule has 50 heavy (non-hydrogen) atoms. The van der Waals surface area contributed by atoms with Crippen molar-refractivity contribution in [3.8, 4) is 0 Å². The number of thiazole rings is 1. The van der Waals surface area contributed by atoms with Gasteiger partial charge in [-0.05, 0) is 55.6 Å². The highest BCUT2D eigenvalue weighted by Gasteiger charge is 2.35. The van der Waals surface area contributed by atoms with Crippen LogP contribution in [-0.4, -0.2) is 92.6 Å². The Kier molecular flexibility index (Phi) is 15.9. The first-order chi connectivity index (χ1) is 24.0. The average Bonchev–Trinajstić information content (AvgIpc) is 3.77. The number of aliphatic hydroxyl groups is 2. The number of aliphatic hydroxyl groups excluding tert-OH is 2. The zero-order valence-electron chi connectivity index (χ0n) is 30.3. The first kappa shape index (κ1) is 39.7. The highest BCUT2D eigenvalue weighted by atomic mass is 32.1. The molecule has 0 aliphatic heterocycles. The van der Waals surface area contributed by atoms with Gasteiger partial charge in [-0.15, -0.1) is 11.3 Å². The lowest BCUT2D eigenvalue weighted by Crippen LogP contribution is -2.52. The zero-order valence-corrected chi connectivity index (χ0v) is 31.2. The molecular formula is C38H60N6O5S. The van der Waals surface area contributed by atoms with Gasteiger partial charge in [0.1, 0.15) is 6.10 Å². The highest BCUT2D eigenvalue weighted by Crippen LogP contribution is 2.30. The van der Waals surface area contributed by atoms with Crippen LogP contribution in [0.3, 0.4) is 0 Å². The highest BCUT2D eigenvalue weighted by molar-refractivity contribution is 7.13. The first-order valence-corrected chi connectivity index (χ1v) is 19.6. The van der Waals surface area contributed by atoms with Gasteiger partial charge in [-0.25, -0.2) is 4.98 Å². The number of pyridine rings is 1. The molecule has 2 aliphatic rings. The summed E-state index contributed by atoms with van der Waals surface area (Å²) < 4.78 is 0. The van der Waals surface area contributed by atoms with Gasteiger partial charge in [0, 0.05) is 56.7 Å². The molecule has 0 spiro atoms. The van der Waals surface area contributed by atoms with E-state index in [1.165, 1.54) is 17.8 Å². The number of hydrogen-bond donors (Lipinski definition) is 4. The number of nitrogen functional groups attached to an aromatic ring is 1. The molecule has 278 valence electrons. The number of nitrogens with two attached hydrogens (primary N) is 1. The molecule has 2 saturated carbocycles. The van der Waals surface area contributed by atoms with E-state index in [0.717, 1.165) is 57.1 Å². The largest absolute Gasteiger partial charge is 0.390 e. The van der Waals surface area contributed by atoms with Crippen molar-refractivity contribution in [2.24, 2.45) is 23.7 Å². The second-order valence-electron chi connectivity index (χ2n) is 15.1. The van der Waals surface area contributed by atoms with Gasteiger partial charge in [0.05, 0.1) is 30.3 Å². The van der Waals surface area contributed by atoms with E-state index in [1.54, 1.807) is 28.4 Å². The number of nitrogens with zero attached hydrogens (tertiary/aromatic N) is 4. The SMILES string of the molecule is CC(C)C[C@H](O)[C@H](O)[C@H](CC1CCCCC1)NC(=O)[C@@H](CC(=O)N(CC(=O)N(C)CCc1ccccn1)CC1CCCC1)Cc1csc(N)n1. The lowest BCUT2D eigenvalue weighted by Gasteiger charge is -2.34. The minimum absolute atomic E-state index is 0.0591. The summed E-state index contributed by atoms with van der Waals surface area (Å²) in [6.45, 7) is 4.88. The van der Waals surface area contributed by atoms with E-state index in [4.69, 9.17) is 5.73 Å². The minimum Gasteiger partial charge on any atom is -0.390 e. The van der Waals surface area contributed by atoms with Gasteiger partial charge in [-0.1, -0.05) is 64.9 Å². The van der Waals surface area contributed by atoms with Crippen molar-refractivity contribution in [1.82, 2.24) is 25.1 Å². The van der Waals surface area contributed by atoms with Gasteiger partial charge in [-0.2, -0.15) is 0 Å². The molecule has 0 radical (unpaired) electrons.